The standard InChI is InChI=1S/C22H25NO5S/c1-4-6-13-27-22(24)21-15(3)28-20-12-9-17(14-19(20)21)23-29(25,26)18-10-7-16(5-2)8-11-18/h7-12,14,23H,4-6,13H2,1-3H3. The molecule has 6 nitrogen and oxygen atoms in total. The van der Waals surface area contributed by atoms with Crippen LogP contribution in [0.1, 0.15) is 48.4 Å². The topological polar surface area (TPSA) is 85.6 Å². The number of benzene rings is 2. The number of anilines is 1. The Kier molecular flexibility index (Phi) is 6.27. The van der Waals surface area contributed by atoms with E-state index in [9.17, 15) is 13.2 Å². The first-order valence-corrected chi connectivity index (χ1v) is 11.2. The Balaban J connectivity index is 1.90. The zero-order valence-electron chi connectivity index (χ0n) is 16.8. The summed E-state index contributed by atoms with van der Waals surface area (Å²) in [6.45, 7) is 6.05. The average molecular weight is 416 g/mol. The number of furan rings is 1. The molecule has 1 aromatic heterocycles. The van der Waals surface area contributed by atoms with E-state index >= 15 is 0 Å². The largest absolute Gasteiger partial charge is 0.462 e. The number of hydrogen-bond donors (Lipinski definition) is 1. The molecule has 2 aromatic carbocycles. The molecule has 0 amide bonds. The second-order valence-corrected chi connectivity index (χ2v) is 8.52. The lowest BCUT2D eigenvalue weighted by Gasteiger charge is -2.09. The maximum Gasteiger partial charge on any atom is 0.342 e. The minimum Gasteiger partial charge on any atom is -0.462 e. The molecule has 3 aromatic rings. The summed E-state index contributed by atoms with van der Waals surface area (Å²) in [6.07, 6.45) is 2.54. The van der Waals surface area contributed by atoms with E-state index in [0.717, 1.165) is 24.8 Å². The molecular formula is C22H25NO5S. The molecule has 154 valence electrons. The van der Waals surface area contributed by atoms with Gasteiger partial charge in [0.2, 0.25) is 0 Å². The van der Waals surface area contributed by atoms with Gasteiger partial charge in [0.25, 0.3) is 10.0 Å². The fourth-order valence-electron chi connectivity index (χ4n) is 3.04. The van der Waals surface area contributed by atoms with Crippen LogP contribution in [0.4, 0.5) is 5.69 Å². The predicted molar refractivity (Wildman–Crippen MR) is 113 cm³/mol. The van der Waals surface area contributed by atoms with Gasteiger partial charge in [-0.25, -0.2) is 13.2 Å². The molecule has 1 heterocycles. The van der Waals surface area contributed by atoms with Crippen LogP contribution in [0.25, 0.3) is 11.0 Å². The molecule has 0 spiro atoms. The van der Waals surface area contributed by atoms with Crippen LogP contribution in [0.2, 0.25) is 0 Å². The molecule has 3 rings (SSSR count). The fraction of sp³-hybridized carbons (Fsp3) is 0.318. The number of hydrogen-bond acceptors (Lipinski definition) is 5. The second kappa shape index (κ2) is 8.69. The van der Waals surface area contributed by atoms with Crippen molar-refractivity contribution < 1.29 is 22.4 Å². The highest BCUT2D eigenvalue weighted by Gasteiger charge is 2.21. The molecule has 0 fully saturated rings. The first-order valence-electron chi connectivity index (χ1n) is 9.67. The van der Waals surface area contributed by atoms with Crippen LogP contribution < -0.4 is 4.72 Å². The molecule has 0 atom stereocenters. The van der Waals surface area contributed by atoms with E-state index in [1.807, 2.05) is 13.8 Å². The highest BCUT2D eigenvalue weighted by atomic mass is 32.2. The Morgan fingerprint density at radius 2 is 1.83 bits per heavy atom. The predicted octanol–water partition coefficient (Wildman–Crippen LogP) is 5.06. The maximum atomic E-state index is 12.7. The Morgan fingerprint density at radius 1 is 1.10 bits per heavy atom. The van der Waals surface area contributed by atoms with E-state index in [4.69, 9.17) is 9.15 Å². The van der Waals surface area contributed by atoms with E-state index < -0.39 is 16.0 Å². The number of sulfonamides is 1. The summed E-state index contributed by atoms with van der Waals surface area (Å²) in [6, 6.07) is 11.6. The van der Waals surface area contributed by atoms with Crippen LogP contribution >= 0.6 is 0 Å². The number of rotatable bonds is 8. The van der Waals surface area contributed by atoms with Crippen molar-refractivity contribution in [2.75, 3.05) is 11.3 Å². The molecule has 7 heteroatoms. The van der Waals surface area contributed by atoms with Crippen LogP contribution in [-0.2, 0) is 21.2 Å². The molecule has 0 aliphatic rings. The summed E-state index contributed by atoms with van der Waals surface area (Å²) in [7, 11) is -3.75. The Morgan fingerprint density at radius 3 is 2.48 bits per heavy atom. The van der Waals surface area contributed by atoms with Crippen molar-refractivity contribution in [1.82, 2.24) is 0 Å². The molecule has 29 heavy (non-hydrogen) atoms. The quantitative estimate of drug-likeness (QED) is 0.410. The number of nitrogens with one attached hydrogen (secondary N) is 1. The van der Waals surface area contributed by atoms with Gasteiger partial charge in [0.15, 0.2) is 0 Å². The van der Waals surface area contributed by atoms with E-state index in [2.05, 4.69) is 4.72 Å². The van der Waals surface area contributed by atoms with Crippen molar-refractivity contribution in [3.63, 3.8) is 0 Å². The summed E-state index contributed by atoms with van der Waals surface area (Å²) in [4.78, 5) is 12.7. The monoisotopic (exact) mass is 415 g/mol. The molecule has 0 unspecified atom stereocenters. The van der Waals surface area contributed by atoms with Gasteiger partial charge in [0.05, 0.1) is 11.5 Å². The van der Waals surface area contributed by atoms with Gasteiger partial charge in [0, 0.05) is 11.1 Å². The van der Waals surface area contributed by atoms with Crippen molar-refractivity contribution in [3.05, 3.63) is 59.4 Å². The minimum absolute atomic E-state index is 0.178. The SMILES string of the molecule is CCCCOC(=O)c1c(C)oc2ccc(NS(=O)(=O)c3ccc(CC)cc3)cc12. The molecule has 0 aliphatic heterocycles. The van der Waals surface area contributed by atoms with Gasteiger partial charge in [0.1, 0.15) is 16.9 Å². The van der Waals surface area contributed by atoms with Crippen LogP contribution in [0.3, 0.4) is 0 Å². The van der Waals surface area contributed by atoms with Gasteiger partial charge in [-0.15, -0.1) is 0 Å². The van der Waals surface area contributed by atoms with Crippen LogP contribution in [0, 0.1) is 6.92 Å². The Labute approximate surface area is 170 Å². The molecule has 0 aliphatic carbocycles. The third kappa shape index (κ3) is 4.62. The number of aryl methyl sites for hydroxylation is 2. The highest BCUT2D eigenvalue weighted by molar-refractivity contribution is 7.92. The fourth-order valence-corrected chi connectivity index (χ4v) is 4.09. The molecule has 0 saturated heterocycles. The van der Waals surface area contributed by atoms with Crippen molar-refractivity contribution in [2.24, 2.45) is 0 Å². The number of carbonyl (C=O) groups is 1. The van der Waals surface area contributed by atoms with Crippen LogP contribution in [0.5, 0.6) is 0 Å². The van der Waals surface area contributed by atoms with Gasteiger partial charge < -0.3 is 9.15 Å². The first kappa shape index (κ1) is 20.9. The first-order chi connectivity index (χ1) is 13.9. The third-order valence-electron chi connectivity index (χ3n) is 4.69. The van der Waals surface area contributed by atoms with Gasteiger partial charge in [-0.2, -0.15) is 0 Å². The highest BCUT2D eigenvalue weighted by Crippen LogP contribution is 2.30. The van der Waals surface area contributed by atoms with E-state index in [1.54, 1.807) is 49.4 Å². The number of esters is 1. The number of unbranched alkanes of at least 4 members (excludes halogenated alkanes) is 1. The summed E-state index contributed by atoms with van der Waals surface area (Å²) in [5.41, 5.74) is 2.23. The van der Waals surface area contributed by atoms with Crippen LogP contribution in [-0.4, -0.2) is 21.0 Å². The van der Waals surface area contributed by atoms with Gasteiger partial charge in [-0.3, -0.25) is 4.72 Å². The van der Waals surface area contributed by atoms with Crippen LogP contribution in [0.15, 0.2) is 51.8 Å². The minimum atomic E-state index is -3.75. The van der Waals surface area contributed by atoms with Crippen molar-refractivity contribution in [1.29, 1.82) is 0 Å². The molecule has 1 N–H and O–H groups in total. The smallest absolute Gasteiger partial charge is 0.342 e. The number of fused-ring (bicyclic) bond motifs is 1. The molecular weight excluding hydrogens is 390 g/mol. The summed E-state index contributed by atoms with van der Waals surface area (Å²) in [5, 5.41) is 0.519. The average Bonchev–Trinajstić information content (AvgIpc) is 3.03. The van der Waals surface area contributed by atoms with Gasteiger partial charge in [-0.05, 0) is 55.7 Å². The van der Waals surface area contributed by atoms with Crippen molar-refractivity contribution in [3.8, 4) is 0 Å². The van der Waals surface area contributed by atoms with Crippen molar-refractivity contribution >= 4 is 32.6 Å². The summed E-state index contributed by atoms with van der Waals surface area (Å²) < 4.78 is 38.9. The molecule has 0 saturated carbocycles. The number of carbonyl (C=O) groups excluding carboxylic acids is 1. The number of ether oxygens (including phenoxy) is 1. The molecule has 0 radical (unpaired) electrons. The summed E-state index contributed by atoms with van der Waals surface area (Å²) in [5.74, 6) is -0.0264. The summed E-state index contributed by atoms with van der Waals surface area (Å²) >= 11 is 0. The van der Waals surface area contributed by atoms with Gasteiger partial charge >= 0.3 is 5.97 Å². The van der Waals surface area contributed by atoms with E-state index in [-0.39, 0.29) is 4.90 Å². The van der Waals surface area contributed by atoms with Crippen molar-refractivity contribution in [2.45, 2.75) is 44.9 Å². The third-order valence-corrected chi connectivity index (χ3v) is 6.09. The Hall–Kier alpha value is -2.80. The van der Waals surface area contributed by atoms with E-state index in [1.165, 1.54) is 0 Å². The molecule has 0 bridgehead atoms. The Bertz CT molecular complexity index is 1110. The lowest BCUT2D eigenvalue weighted by Crippen LogP contribution is -2.13. The zero-order valence-corrected chi connectivity index (χ0v) is 17.6. The van der Waals surface area contributed by atoms with Gasteiger partial charge in [-0.1, -0.05) is 32.4 Å². The second-order valence-electron chi connectivity index (χ2n) is 6.84. The lowest BCUT2D eigenvalue weighted by molar-refractivity contribution is 0.0500. The maximum absolute atomic E-state index is 12.7. The lowest BCUT2D eigenvalue weighted by atomic mass is 10.1. The zero-order chi connectivity index (χ0) is 21.0. The normalized spacial score (nSPS) is 11.6. The van der Waals surface area contributed by atoms with E-state index in [0.29, 0.717) is 34.6 Å².